The molecule has 0 spiro atoms. The van der Waals surface area contributed by atoms with Gasteiger partial charge < -0.3 is 14.2 Å². The maximum Gasteiger partial charge on any atom is 0.306 e. The van der Waals surface area contributed by atoms with E-state index < -0.39 is 12.1 Å². The summed E-state index contributed by atoms with van der Waals surface area (Å²) in [6, 6.07) is 0. The smallest absolute Gasteiger partial charge is 0.306 e. The molecule has 1 atom stereocenters. The summed E-state index contributed by atoms with van der Waals surface area (Å²) in [5.74, 6) is -1.11. The molecule has 0 aliphatic heterocycles. The normalized spacial score (nSPS) is 13.4. The topological polar surface area (TPSA) is 78.9 Å². The van der Waals surface area contributed by atoms with Gasteiger partial charge in [-0.25, -0.2) is 0 Å². The number of esters is 3. The maximum absolute atomic E-state index is 12.8. The second kappa shape index (κ2) is 52.7. The number of hydrogen-bond donors (Lipinski definition) is 0. The van der Waals surface area contributed by atoms with Crippen molar-refractivity contribution in [3.05, 3.63) is 158 Å². The molecule has 0 aliphatic carbocycles. The third-order valence-corrected chi connectivity index (χ3v) is 9.83. The largest absolute Gasteiger partial charge is 0.462 e. The number of allylic oxidation sites excluding steroid dienone is 26. The average molecular weight is 907 g/mol. The molecule has 0 fully saturated rings. The lowest BCUT2D eigenvalue weighted by Gasteiger charge is -2.18. The van der Waals surface area contributed by atoms with Crippen molar-refractivity contribution in [2.75, 3.05) is 13.2 Å². The van der Waals surface area contributed by atoms with E-state index in [1.54, 1.807) is 0 Å². The number of ether oxygens (including phenoxy) is 3. The molecule has 1 unspecified atom stereocenters. The van der Waals surface area contributed by atoms with Crippen LogP contribution in [0.3, 0.4) is 0 Å². The summed E-state index contributed by atoms with van der Waals surface area (Å²) in [5.41, 5.74) is 0. The van der Waals surface area contributed by atoms with E-state index in [0.29, 0.717) is 19.3 Å². The Kier molecular flexibility index (Phi) is 48.7. The van der Waals surface area contributed by atoms with E-state index in [2.05, 4.69) is 167 Å². The van der Waals surface area contributed by atoms with E-state index in [0.717, 1.165) is 109 Å². The van der Waals surface area contributed by atoms with Crippen molar-refractivity contribution in [3.63, 3.8) is 0 Å². The van der Waals surface area contributed by atoms with Crippen molar-refractivity contribution < 1.29 is 28.6 Å². The van der Waals surface area contributed by atoms with Crippen LogP contribution in [0.25, 0.3) is 0 Å². The highest BCUT2D eigenvalue weighted by molar-refractivity contribution is 5.71. The highest BCUT2D eigenvalue weighted by atomic mass is 16.6. The summed E-state index contributed by atoms with van der Waals surface area (Å²) in [6.45, 7) is 6.12. The predicted octanol–water partition coefficient (Wildman–Crippen LogP) is 17.0. The fraction of sp³-hybridized carbons (Fsp3) is 0.517. The Hall–Kier alpha value is -4.97. The molecule has 0 bridgehead atoms. The molecule has 0 N–H and O–H groups in total. The number of carbonyl (C=O) groups is 3. The SMILES string of the molecule is CC\C=C/C=C\C=C/CCCCCCCCCC(=O)OCC(COC(=O)CCC/C=C\C/C=C\C/C=C\C/C=C\C/C=C\CC)OC(=O)CC/C=C\C/C=C\C/C=C\C/C=C\C/C=C\CC. The predicted molar refractivity (Wildman–Crippen MR) is 283 cm³/mol. The first-order valence-electron chi connectivity index (χ1n) is 25.5. The van der Waals surface area contributed by atoms with Crippen LogP contribution in [0.5, 0.6) is 0 Å². The van der Waals surface area contributed by atoms with Crippen LogP contribution < -0.4 is 0 Å². The Morgan fingerprint density at radius 1 is 0.318 bits per heavy atom. The van der Waals surface area contributed by atoms with Gasteiger partial charge >= 0.3 is 17.9 Å². The molecule has 0 aromatic rings. The second-order valence-electron chi connectivity index (χ2n) is 16.0. The highest BCUT2D eigenvalue weighted by Gasteiger charge is 2.19. The number of unbranched alkanes of at least 4 members (excludes halogenated alkanes) is 8. The Balaban J connectivity index is 4.65. The molecule has 66 heavy (non-hydrogen) atoms. The van der Waals surface area contributed by atoms with Gasteiger partial charge in [0.15, 0.2) is 6.10 Å². The molecule has 366 valence electrons. The molecule has 6 nitrogen and oxygen atoms in total. The first kappa shape index (κ1) is 61.0. The monoisotopic (exact) mass is 907 g/mol. The molecular weight excluding hydrogens is 817 g/mol. The molecule has 0 saturated carbocycles. The standard InChI is InChI=1S/C60H90O6/c1-4-7-10-13-16-19-22-25-28-30-33-35-38-41-44-47-50-53-59(62)65-56-57(55-64-58(61)52-49-46-43-40-37-34-31-27-24-21-18-15-12-9-6-3)66-60(63)54-51-48-45-42-39-36-32-29-26-23-20-17-14-11-8-5-2/h7-12,15-21,24-26,28-29,33,35-36,39,41,44-45,48,57H,4-6,13-14,22-23,27,30-32,34,37-38,40,42-43,46-47,49-56H2,1-3H3/b10-7-,11-8-,12-9-,18-15-,19-16-,20-17-,24-21-,28-25-,29-26-,35-33-,39-36-,44-41-,48-45-. The van der Waals surface area contributed by atoms with E-state index in [-0.39, 0.29) is 38.0 Å². The van der Waals surface area contributed by atoms with Gasteiger partial charge in [0, 0.05) is 19.3 Å². The van der Waals surface area contributed by atoms with Crippen molar-refractivity contribution in [3.8, 4) is 0 Å². The van der Waals surface area contributed by atoms with Crippen molar-refractivity contribution >= 4 is 17.9 Å². The maximum atomic E-state index is 12.8. The lowest BCUT2D eigenvalue weighted by molar-refractivity contribution is -0.166. The third kappa shape index (κ3) is 50.0. The van der Waals surface area contributed by atoms with Gasteiger partial charge in [0.05, 0.1) is 0 Å². The van der Waals surface area contributed by atoms with E-state index in [1.807, 2.05) is 12.2 Å². The minimum absolute atomic E-state index is 0.140. The highest BCUT2D eigenvalue weighted by Crippen LogP contribution is 2.12. The molecule has 6 heteroatoms. The van der Waals surface area contributed by atoms with Gasteiger partial charge in [0.1, 0.15) is 13.2 Å². The Morgan fingerprint density at radius 2 is 0.667 bits per heavy atom. The number of carbonyl (C=O) groups excluding carboxylic acids is 3. The summed E-state index contributed by atoms with van der Waals surface area (Å²) in [4.78, 5) is 38.0. The average Bonchev–Trinajstić information content (AvgIpc) is 3.31. The van der Waals surface area contributed by atoms with Crippen LogP contribution in [0, 0.1) is 0 Å². The second-order valence-corrected chi connectivity index (χ2v) is 16.0. The fourth-order valence-electron chi connectivity index (χ4n) is 6.11. The van der Waals surface area contributed by atoms with Crippen molar-refractivity contribution in [2.24, 2.45) is 0 Å². The van der Waals surface area contributed by atoms with Gasteiger partial charge in [-0.05, 0) is 109 Å². The van der Waals surface area contributed by atoms with Crippen LogP contribution >= 0.6 is 0 Å². The zero-order chi connectivity index (χ0) is 47.9. The van der Waals surface area contributed by atoms with E-state index in [4.69, 9.17) is 14.2 Å². The van der Waals surface area contributed by atoms with E-state index in [1.165, 1.54) is 19.3 Å². The van der Waals surface area contributed by atoms with E-state index in [9.17, 15) is 14.4 Å². The van der Waals surface area contributed by atoms with Gasteiger partial charge in [-0.2, -0.15) is 0 Å². The van der Waals surface area contributed by atoms with Crippen LogP contribution in [0.15, 0.2) is 158 Å². The minimum atomic E-state index is -0.853. The summed E-state index contributed by atoms with van der Waals surface area (Å²) < 4.78 is 16.7. The lowest BCUT2D eigenvalue weighted by atomic mass is 10.1. The van der Waals surface area contributed by atoms with Crippen molar-refractivity contribution in [1.82, 2.24) is 0 Å². The molecule has 0 heterocycles. The third-order valence-electron chi connectivity index (χ3n) is 9.83. The van der Waals surface area contributed by atoms with Crippen LogP contribution in [-0.4, -0.2) is 37.2 Å². The van der Waals surface area contributed by atoms with Crippen LogP contribution in [-0.2, 0) is 28.6 Å². The molecule has 0 saturated heterocycles. The molecule has 0 aromatic heterocycles. The fourth-order valence-corrected chi connectivity index (χ4v) is 6.11. The Labute approximate surface area is 403 Å². The first-order chi connectivity index (χ1) is 32.5. The molecule has 0 aromatic carbocycles. The van der Waals surface area contributed by atoms with Crippen LogP contribution in [0.1, 0.15) is 181 Å². The summed E-state index contributed by atoms with van der Waals surface area (Å²) in [7, 11) is 0. The quantitative estimate of drug-likeness (QED) is 0.0199. The van der Waals surface area contributed by atoms with Crippen molar-refractivity contribution in [2.45, 2.75) is 187 Å². The van der Waals surface area contributed by atoms with E-state index >= 15 is 0 Å². The zero-order valence-corrected chi connectivity index (χ0v) is 41.6. The molecule has 0 amide bonds. The number of rotatable bonds is 43. The minimum Gasteiger partial charge on any atom is -0.462 e. The Bertz CT molecular complexity index is 1560. The molecule has 0 rings (SSSR count). The molecule has 0 radical (unpaired) electrons. The summed E-state index contributed by atoms with van der Waals surface area (Å²) in [6.07, 6.45) is 76.7. The number of hydrogen-bond acceptors (Lipinski definition) is 6. The van der Waals surface area contributed by atoms with Gasteiger partial charge in [-0.1, -0.05) is 211 Å². The van der Waals surface area contributed by atoms with Crippen molar-refractivity contribution in [1.29, 1.82) is 0 Å². The summed E-state index contributed by atoms with van der Waals surface area (Å²) in [5, 5.41) is 0. The zero-order valence-electron chi connectivity index (χ0n) is 41.6. The summed E-state index contributed by atoms with van der Waals surface area (Å²) >= 11 is 0. The lowest BCUT2D eigenvalue weighted by Crippen LogP contribution is -2.30. The van der Waals surface area contributed by atoms with Crippen LogP contribution in [0.4, 0.5) is 0 Å². The molecule has 0 aliphatic rings. The first-order valence-corrected chi connectivity index (χ1v) is 25.5. The Morgan fingerprint density at radius 3 is 1.12 bits per heavy atom. The van der Waals surface area contributed by atoms with Gasteiger partial charge in [0.25, 0.3) is 0 Å². The van der Waals surface area contributed by atoms with Gasteiger partial charge in [-0.15, -0.1) is 0 Å². The van der Waals surface area contributed by atoms with Gasteiger partial charge in [0.2, 0.25) is 0 Å². The van der Waals surface area contributed by atoms with Gasteiger partial charge in [-0.3, -0.25) is 14.4 Å². The van der Waals surface area contributed by atoms with Crippen LogP contribution in [0.2, 0.25) is 0 Å². The molecular formula is C60H90O6.